The second kappa shape index (κ2) is 6.44. The third-order valence-corrected chi connectivity index (χ3v) is 2.28. The van der Waals surface area contributed by atoms with E-state index in [4.69, 9.17) is 14.6 Å². The molecule has 0 spiro atoms. The van der Waals surface area contributed by atoms with Crippen molar-refractivity contribution in [3.8, 4) is 11.5 Å². The minimum Gasteiger partial charge on any atom is -0.497 e. The maximum absolute atomic E-state index is 11.0. The summed E-state index contributed by atoms with van der Waals surface area (Å²) in [4.78, 5) is 22.0. The topological polar surface area (TPSA) is 84.9 Å². The van der Waals surface area contributed by atoms with E-state index in [9.17, 15) is 9.59 Å². The Morgan fingerprint density at radius 2 is 1.95 bits per heavy atom. The molecule has 6 heteroatoms. The Morgan fingerprint density at radius 1 is 1.26 bits per heavy atom. The molecule has 1 amide bonds. The molecule has 0 aromatic heterocycles. The van der Waals surface area contributed by atoms with Crippen LogP contribution in [-0.2, 0) is 9.59 Å². The fraction of sp³-hybridized carbons (Fsp3) is 0.231. The van der Waals surface area contributed by atoms with Crippen molar-refractivity contribution in [3.05, 3.63) is 29.5 Å². The van der Waals surface area contributed by atoms with Crippen LogP contribution in [0.2, 0.25) is 0 Å². The molecule has 0 saturated heterocycles. The van der Waals surface area contributed by atoms with Gasteiger partial charge in [0.2, 0.25) is 5.91 Å². The van der Waals surface area contributed by atoms with Crippen molar-refractivity contribution in [2.75, 3.05) is 14.2 Å². The first-order chi connectivity index (χ1) is 8.97. The average Bonchev–Trinajstić information content (AvgIpc) is 2.37. The molecule has 0 aliphatic rings. The second-order valence-electron chi connectivity index (χ2n) is 3.65. The fourth-order valence-electron chi connectivity index (χ4n) is 1.45. The van der Waals surface area contributed by atoms with Gasteiger partial charge in [-0.2, -0.15) is 0 Å². The molecular formula is C13H15NO5. The Labute approximate surface area is 110 Å². The zero-order chi connectivity index (χ0) is 14.4. The summed E-state index contributed by atoms with van der Waals surface area (Å²) in [5.74, 6) is -0.667. The van der Waals surface area contributed by atoms with Crippen molar-refractivity contribution in [1.82, 2.24) is 5.32 Å². The summed E-state index contributed by atoms with van der Waals surface area (Å²) < 4.78 is 10.2. The van der Waals surface area contributed by atoms with Gasteiger partial charge >= 0.3 is 5.97 Å². The summed E-state index contributed by atoms with van der Waals surface area (Å²) >= 11 is 0. The van der Waals surface area contributed by atoms with Gasteiger partial charge in [0.1, 0.15) is 17.2 Å². The highest BCUT2D eigenvalue weighted by Gasteiger charge is 2.11. The molecular weight excluding hydrogens is 250 g/mol. The molecule has 1 aromatic rings. The van der Waals surface area contributed by atoms with Gasteiger partial charge in [-0.25, -0.2) is 4.79 Å². The van der Waals surface area contributed by atoms with Gasteiger partial charge in [-0.3, -0.25) is 4.79 Å². The predicted octanol–water partition coefficient (Wildman–Crippen LogP) is 1.27. The van der Waals surface area contributed by atoms with E-state index in [1.165, 1.54) is 27.2 Å². The molecule has 19 heavy (non-hydrogen) atoms. The number of carbonyl (C=O) groups excluding carboxylic acids is 1. The highest BCUT2D eigenvalue weighted by atomic mass is 16.5. The Hall–Kier alpha value is -2.50. The van der Waals surface area contributed by atoms with E-state index in [0.29, 0.717) is 17.1 Å². The normalized spacial score (nSPS) is 10.8. The van der Waals surface area contributed by atoms with Gasteiger partial charge < -0.3 is 19.9 Å². The van der Waals surface area contributed by atoms with Crippen LogP contribution < -0.4 is 14.8 Å². The highest BCUT2D eigenvalue weighted by Crippen LogP contribution is 2.25. The van der Waals surface area contributed by atoms with Crippen molar-refractivity contribution in [2.24, 2.45) is 0 Å². The lowest BCUT2D eigenvalue weighted by atomic mass is 10.1. The summed E-state index contributed by atoms with van der Waals surface area (Å²) in [6, 6.07) is 4.95. The molecule has 2 N–H and O–H groups in total. The Morgan fingerprint density at radius 3 is 2.42 bits per heavy atom. The minimum atomic E-state index is -1.24. The van der Waals surface area contributed by atoms with E-state index in [-0.39, 0.29) is 5.70 Å². The summed E-state index contributed by atoms with van der Waals surface area (Å²) in [7, 11) is 2.97. The number of nitrogens with one attached hydrogen (secondary N) is 1. The number of carbonyl (C=O) groups is 2. The van der Waals surface area contributed by atoms with Gasteiger partial charge in [0.05, 0.1) is 14.2 Å². The van der Waals surface area contributed by atoms with Gasteiger partial charge in [-0.1, -0.05) is 0 Å². The van der Waals surface area contributed by atoms with E-state index in [0.717, 1.165) is 0 Å². The van der Waals surface area contributed by atoms with Gasteiger partial charge in [0, 0.05) is 12.5 Å². The summed E-state index contributed by atoms with van der Waals surface area (Å²) in [6.07, 6.45) is 1.31. The molecule has 6 nitrogen and oxygen atoms in total. The lowest BCUT2D eigenvalue weighted by Gasteiger charge is -2.09. The Kier molecular flexibility index (Phi) is 4.93. The molecule has 1 rings (SSSR count). The number of methoxy groups -OCH3 is 2. The maximum atomic E-state index is 11.0. The highest BCUT2D eigenvalue weighted by molar-refractivity contribution is 5.96. The van der Waals surface area contributed by atoms with Crippen LogP contribution in [0, 0.1) is 0 Å². The number of hydrogen-bond donors (Lipinski definition) is 2. The number of aliphatic carboxylic acids is 1. The standard InChI is InChI=1S/C13H15NO5/c1-8(15)14-11(13(16)17)7-9-6-10(18-2)4-5-12(9)19-3/h4-7H,1-3H3,(H,14,15)(H,16,17)/b11-7+. The van der Waals surface area contributed by atoms with Crippen LogP contribution in [-0.4, -0.2) is 31.2 Å². The number of carboxylic acids is 1. The van der Waals surface area contributed by atoms with Crippen LogP contribution in [0.3, 0.4) is 0 Å². The minimum absolute atomic E-state index is 0.237. The number of amides is 1. The first-order valence-electron chi connectivity index (χ1n) is 5.42. The van der Waals surface area contributed by atoms with Crippen LogP contribution >= 0.6 is 0 Å². The molecule has 0 heterocycles. The zero-order valence-corrected chi connectivity index (χ0v) is 10.9. The molecule has 0 bridgehead atoms. The van der Waals surface area contributed by atoms with Gasteiger partial charge in [-0.15, -0.1) is 0 Å². The van der Waals surface area contributed by atoms with Gasteiger partial charge in [0.25, 0.3) is 0 Å². The molecule has 0 fully saturated rings. The van der Waals surface area contributed by atoms with E-state index < -0.39 is 11.9 Å². The second-order valence-corrected chi connectivity index (χ2v) is 3.65. The van der Waals surface area contributed by atoms with Crippen LogP contribution in [0.15, 0.2) is 23.9 Å². The number of rotatable bonds is 5. The third-order valence-electron chi connectivity index (χ3n) is 2.28. The van der Waals surface area contributed by atoms with Crippen molar-refractivity contribution in [2.45, 2.75) is 6.92 Å². The van der Waals surface area contributed by atoms with Crippen LogP contribution in [0.1, 0.15) is 12.5 Å². The quantitative estimate of drug-likeness (QED) is 0.783. The predicted molar refractivity (Wildman–Crippen MR) is 69.0 cm³/mol. The van der Waals surface area contributed by atoms with Crippen LogP contribution in [0.5, 0.6) is 11.5 Å². The summed E-state index contributed by atoms with van der Waals surface area (Å²) in [6.45, 7) is 1.24. The van der Waals surface area contributed by atoms with E-state index >= 15 is 0 Å². The lowest BCUT2D eigenvalue weighted by Crippen LogP contribution is -2.24. The molecule has 1 aromatic carbocycles. The van der Waals surface area contributed by atoms with Crippen molar-refractivity contribution < 1.29 is 24.2 Å². The summed E-state index contributed by atoms with van der Waals surface area (Å²) in [5.41, 5.74) is 0.257. The lowest BCUT2D eigenvalue weighted by molar-refractivity contribution is -0.134. The van der Waals surface area contributed by atoms with E-state index in [1.807, 2.05) is 0 Å². The monoisotopic (exact) mass is 265 g/mol. The molecule has 0 aliphatic carbocycles. The van der Waals surface area contributed by atoms with E-state index in [1.54, 1.807) is 18.2 Å². The van der Waals surface area contributed by atoms with Crippen LogP contribution in [0.4, 0.5) is 0 Å². The largest absolute Gasteiger partial charge is 0.497 e. The molecule has 0 unspecified atom stereocenters. The van der Waals surface area contributed by atoms with Crippen LogP contribution in [0.25, 0.3) is 6.08 Å². The van der Waals surface area contributed by atoms with Crippen molar-refractivity contribution in [1.29, 1.82) is 0 Å². The molecule has 0 atom stereocenters. The van der Waals surface area contributed by atoms with Crippen molar-refractivity contribution in [3.63, 3.8) is 0 Å². The smallest absolute Gasteiger partial charge is 0.352 e. The fourth-order valence-corrected chi connectivity index (χ4v) is 1.45. The Balaban J connectivity index is 3.24. The van der Waals surface area contributed by atoms with E-state index in [2.05, 4.69) is 5.32 Å². The van der Waals surface area contributed by atoms with Gasteiger partial charge in [-0.05, 0) is 24.3 Å². The molecule has 0 saturated carbocycles. The maximum Gasteiger partial charge on any atom is 0.352 e. The first kappa shape index (κ1) is 14.6. The average molecular weight is 265 g/mol. The number of ether oxygens (including phenoxy) is 2. The molecule has 0 aliphatic heterocycles. The van der Waals surface area contributed by atoms with Gasteiger partial charge in [0.15, 0.2) is 0 Å². The molecule has 0 radical (unpaired) electrons. The zero-order valence-electron chi connectivity index (χ0n) is 10.9. The number of hydrogen-bond acceptors (Lipinski definition) is 4. The summed E-state index contributed by atoms with van der Waals surface area (Å²) in [5, 5.41) is 11.3. The van der Waals surface area contributed by atoms with Crippen molar-refractivity contribution >= 4 is 18.0 Å². The number of benzene rings is 1. The number of carboxylic acid groups (broad SMARTS) is 1. The SMILES string of the molecule is COc1ccc(OC)c(/C=C(/NC(C)=O)C(=O)O)c1. The first-order valence-corrected chi connectivity index (χ1v) is 5.42. The Bertz CT molecular complexity index is 522. The molecule has 102 valence electrons. The third kappa shape index (κ3) is 4.02.